The fourth-order valence-electron chi connectivity index (χ4n) is 3.50. The first-order chi connectivity index (χ1) is 13.0. The van der Waals surface area contributed by atoms with Crippen molar-refractivity contribution in [2.75, 3.05) is 13.1 Å². The van der Waals surface area contributed by atoms with E-state index in [1.165, 1.54) is 22.7 Å². The maximum atomic E-state index is 12.8. The van der Waals surface area contributed by atoms with Crippen molar-refractivity contribution < 1.29 is 4.79 Å². The molecule has 0 spiro atoms. The zero-order valence-corrected chi connectivity index (χ0v) is 15.7. The number of amides is 1. The maximum absolute atomic E-state index is 12.8. The second kappa shape index (κ2) is 6.98. The van der Waals surface area contributed by atoms with E-state index in [1.54, 1.807) is 4.68 Å². The number of hydrogen-bond donors (Lipinski definition) is 0. The van der Waals surface area contributed by atoms with Gasteiger partial charge in [0, 0.05) is 13.1 Å². The summed E-state index contributed by atoms with van der Waals surface area (Å²) in [5.74, 6) is -0.0282. The van der Waals surface area contributed by atoms with Crippen LogP contribution in [0.25, 0.3) is 16.7 Å². The normalized spacial score (nSPS) is 14.7. The van der Waals surface area contributed by atoms with Crippen LogP contribution in [0.15, 0.2) is 35.5 Å². The summed E-state index contributed by atoms with van der Waals surface area (Å²) in [6.07, 6.45) is 6.20. The number of piperidine rings is 1. The van der Waals surface area contributed by atoms with E-state index in [9.17, 15) is 9.59 Å². The van der Waals surface area contributed by atoms with Gasteiger partial charge < -0.3 is 4.90 Å². The number of likely N-dealkylation sites (tertiary alicyclic amines) is 1. The number of aryl methyl sites for hydroxylation is 2. The Kier molecular flexibility index (Phi) is 4.51. The summed E-state index contributed by atoms with van der Waals surface area (Å²) < 4.78 is 3.05. The van der Waals surface area contributed by atoms with Gasteiger partial charge in [0.05, 0.1) is 11.9 Å². The molecule has 3 aromatic rings. The van der Waals surface area contributed by atoms with Gasteiger partial charge in [-0.05, 0) is 56.4 Å². The van der Waals surface area contributed by atoms with Gasteiger partial charge in [-0.25, -0.2) is 9.67 Å². The molecule has 7 heteroatoms. The minimum absolute atomic E-state index is 0.0244. The molecule has 4 rings (SSSR count). The first-order valence-electron chi connectivity index (χ1n) is 9.33. The Morgan fingerprint density at radius 1 is 1.11 bits per heavy atom. The minimum atomic E-state index is -0.236. The number of benzene rings is 1. The molecule has 1 fully saturated rings. The molecule has 2 aromatic heterocycles. The first-order valence-corrected chi connectivity index (χ1v) is 9.33. The summed E-state index contributed by atoms with van der Waals surface area (Å²) >= 11 is 0. The van der Waals surface area contributed by atoms with E-state index in [-0.39, 0.29) is 18.0 Å². The van der Waals surface area contributed by atoms with Gasteiger partial charge in [-0.1, -0.05) is 6.07 Å². The third-order valence-corrected chi connectivity index (χ3v) is 5.30. The zero-order chi connectivity index (χ0) is 19.0. The largest absolute Gasteiger partial charge is 0.341 e. The maximum Gasteiger partial charge on any atom is 0.264 e. The Morgan fingerprint density at radius 2 is 1.89 bits per heavy atom. The van der Waals surface area contributed by atoms with Crippen LogP contribution in [0.1, 0.15) is 30.4 Å². The molecule has 0 atom stereocenters. The van der Waals surface area contributed by atoms with Crippen LogP contribution in [0.2, 0.25) is 0 Å². The average Bonchev–Trinajstić information content (AvgIpc) is 3.12. The Labute approximate surface area is 157 Å². The van der Waals surface area contributed by atoms with Crippen LogP contribution in [-0.2, 0) is 11.3 Å². The molecule has 0 bridgehead atoms. The lowest BCUT2D eigenvalue weighted by Gasteiger charge is -2.26. The molecule has 0 aliphatic carbocycles. The Morgan fingerprint density at radius 3 is 2.63 bits per heavy atom. The summed E-state index contributed by atoms with van der Waals surface area (Å²) in [5.41, 5.74) is 3.48. The van der Waals surface area contributed by atoms with Gasteiger partial charge >= 0.3 is 0 Å². The van der Waals surface area contributed by atoms with Gasteiger partial charge in [0.2, 0.25) is 5.91 Å². The SMILES string of the molecule is Cc1ccc(-n2ncc3c(=O)n(CC(=O)N4CCCCC4)cnc32)cc1C. The van der Waals surface area contributed by atoms with E-state index >= 15 is 0 Å². The molecule has 27 heavy (non-hydrogen) atoms. The van der Waals surface area contributed by atoms with Crippen molar-refractivity contribution in [1.82, 2.24) is 24.2 Å². The van der Waals surface area contributed by atoms with Crippen molar-refractivity contribution in [2.24, 2.45) is 0 Å². The van der Waals surface area contributed by atoms with Gasteiger partial charge in [0.15, 0.2) is 5.65 Å². The van der Waals surface area contributed by atoms with Crippen molar-refractivity contribution in [3.05, 3.63) is 52.2 Å². The fourth-order valence-corrected chi connectivity index (χ4v) is 3.50. The van der Waals surface area contributed by atoms with Gasteiger partial charge in [-0.3, -0.25) is 14.2 Å². The number of rotatable bonds is 3. The molecule has 140 valence electrons. The molecule has 0 radical (unpaired) electrons. The lowest BCUT2D eigenvalue weighted by Crippen LogP contribution is -2.39. The average molecular weight is 365 g/mol. The molecule has 0 saturated carbocycles. The first kappa shape index (κ1) is 17.5. The minimum Gasteiger partial charge on any atom is -0.341 e. The second-order valence-corrected chi connectivity index (χ2v) is 7.18. The summed E-state index contributed by atoms with van der Waals surface area (Å²) in [7, 11) is 0. The molecule has 3 heterocycles. The number of carbonyl (C=O) groups excluding carboxylic acids is 1. The van der Waals surface area contributed by atoms with Gasteiger partial charge in [0.1, 0.15) is 18.3 Å². The van der Waals surface area contributed by atoms with E-state index in [4.69, 9.17) is 0 Å². The van der Waals surface area contributed by atoms with Crippen LogP contribution in [-0.4, -0.2) is 43.2 Å². The third-order valence-electron chi connectivity index (χ3n) is 5.30. The highest BCUT2D eigenvalue weighted by Gasteiger charge is 2.19. The molecule has 1 aliphatic rings. The Hall–Kier alpha value is -2.96. The monoisotopic (exact) mass is 365 g/mol. The van der Waals surface area contributed by atoms with Gasteiger partial charge in [-0.15, -0.1) is 0 Å². The van der Waals surface area contributed by atoms with Crippen molar-refractivity contribution in [3.63, 3.8) is 0 Å². The van der Waals surface area contributed by atoms with E-state index in [1.807, 2.05) is 30.0 Å². The van der Waals surface area contributed by atoms with Gasteiger partial charge in [0.25, 0.3) is 5.56 Å². The van der Waals surface area contributed by atoms with E-state index in [0.29, 0.717) is 11.0 Å². The molecule has 0 unspecified atom stereocenters. The highest BCUT2D eigenvalue weighted by Crippen LogP contribution is 2.17. The predicted octanol–water partition coefficient (Wildman–Crippen LogP) is 2.21. The Bertz CT molecular complexity index is 1060. The van der Waals surface area contributed by atoms with Crippen LogP contribution >= 0.6 is 0 Å². The highest BCUT2D eigenvalue weighted by atomic mass is 16.2. The smallest absolute Gasteiger partial charge is 0.264 e. The van der Waals surface area contributed by atoms with E-state index in [2.05, 4.69) is 17.0 Å². The number of nitrogens with zero attached hydrogens (tertiary/aromatic N) is 5. The molecule has 1 aliphatic heterocycles. The molecule has 1 saturated heterocycles. The predicted molar refractivity (Wildman–Crippen MR) is 103 cm³/mol. The third kappa shape index (κ3) is 3.25. The second-order valence-electron chi connectivity index (χ2n) is 7.18. The van der Waals surface area contributed by atoms with Gasteiger partial charge in [-0.2, -0.15) is 5.10 Å². The van der Waals surface area contributed by atoms with Crippen molar-refractivity contribution in [1.29, 1.82) is 0 Å². The molecular weight excluding hydrogens is 342 g/mol. The lowest BCUT2D eigenvalue weighted by atomic mass is 10.1. The number of aromatic nitrogens is 4. The van der Waals surface area contributed by atoms with Crippen LogP contribution in [0.5, 0.6) is 0 Å². The van der Waals surface area contributed by atoms with E-state index < -0.39 is 0 Å². The van der Waals surface area contributed by atoms with Crippen molar-refractivity contribution in [2.45, 2.75) is 39.7 Å². The standard InChI is InChI=1S/C20H23N5O2/c1-14-6-7-16(10-15(14)2)25-19-17(11-22-25)20(27)24(13-21-19)12-18(26)23-8-4-3-5-9-23/h6-7,10-11,13H,3-5,8-9,12H2,1-2H3. The van der Waals surface area contributed by atoms with Crippen molar-refractivity contribution in [3.8, 4) is 5.69 Å². The summed E-state index contributed by atoms with van der Waals surface area (Å²) in [6.45, 7) is 5.66. The topological polar surface area (TPSA) is 73.0 Å². The van der Waals surface area contributed by atoms with Crippen LogP contribution in [0.3, 0.4) is 0 Å². The highest BCUT2D eigenvalue weighted by molar-refractivity contribution is 5.78. The number of fused-ring (bicyclic) bond motifs is 1. The summed E-state index contributed by atoms with van der Waals surface area (Å²) in [5, 5.41) is 4.77. The molecular formula is C20H23N5O2. The number of hydrogen-bond acceptors (Lipinski definition) is 4. The lowest BCUT2D eigenvalue weighted by molar-refractivity contribution is -0.132. The molecule has 7 nitrogen and oxygen atoms in total. The quantitative estimate of drug-likeness (QED) is 0.713. The van der Waals surface area contributed by atoms with E-state index in [0.717, 1.165) is 43.6 Å². The Balaban J connectivity index is 1.66. The van der Waals surface area contributed by atoms with Crippen LogP contribution in [0.4, 0.5) is 0 Å². The van der Waals surface area contributed by atoms with Crippen LogP contribution < -0.4 is 5.56 Å². The molecule has 0 N–H and O–H groups in total. The molecule has 1 amide bonds. The fraction of sp³-hybridized carbons (Fsp3) is 0.400. The zero-order valence-electron chi connectivity index (χ0n) is 15.7. The number of carbonyl (C=O) groups is 1. The summed E-state index contributed by atoms with van der Waals surface area (Å²) in [4.78, 5) is 31.5. The van der Waals surface area contributed by atoms with Crippen molar-refractivity contribution >= 4 is 16.9 Å². The molecule has 1 aromatic carbocycles. The van der Waals surface area contributed by atoms with Crippen LogP contribution in [0, 0.1) is 13.8 Å². The summed E-state index contributed by atoms with van der Waals surface area (Å²) in [6, 6.07) is 6.01.